The molecule has 0 saturated heterocycles. The summed E-state index contributed by atoms with van der Waals surface area (Å²) in [6.45, 7) is 2.08. The third kappa shape index (κ3) is 4.78. The first kappa shape index (κ1) is 13.4. The van der Waals surface area contributed by atoms with E-state index in [2.05, 4.69) is 0 Å². The summed E-state index contributed by atoms with van der Waals surface area (Å²) >= 11 is 1.30. The van der Waals surface area contributed by atoms with Crippen molar-refractivity contribution in [3.63, 3.8) is 0 Å². The van der Waals surface area contributed by atoms with Crippen LogP contribution in [0.3, 0.4) is 0 Å². The Morgan fingerprint density at radius 3 is 2.71 bits per heavy atom. The zero-order valence-corrected chi connectivity index (χ0v) is 10.3. The molecule has 0 radical (unpaired) electrons. The number of benzene rings is 1. The van der Waals surface area contributed by atoms with E-state index in [1.807, 2.05) is 30.3 Å². The Morgan fingerprint density at radius 1 is 1.41 bits per heavy atom. The molecule has 0 bridgehead atoms. The van der Waals surface area contributed by atoms with E-state index in [1.54, 1.807) is 6.92 Å². The van der Waals surface area contributed by atoms with Gasteiger partial charge in [-0.2, -0.15) is 0 Å². The molecule has 0 aliphatic rings. The topological polar surface area (TPSA) is 46.5 Å². The number of aliphatic hydroxyl groups is 1. The minimum Gasteiger partial charge on any atom is -0.516 e. The van der Waals surface area contributed by atoms with Gasteiger partial charge in [0.2, 0.25) is 0 Å². The van der Waals surface area contributed by atoms with Crippen molar-refractivity contribution in [1.29, 1.82) is 0 Å². The molecular formula is C13H14O3S. The third-order valence-corrected chi connectivity index (χ3v) is 2.81. The van der Waals surface area contributed by atoms with Crippen LogP contribution >= 0.6 is 11.8 Å². The number of rotatable bonds is 5. The lowest BCUT2D eigenvalue weighted by molar-refractivity contribution is -0.137. The van der Waals surface area contributed by atoms with Gasteiger partial charge in [-0.05, 0) is 31.2 Å². The van der Waals surface area contributed by atoms with Gasteiger partial charge in [-0.25, -0.2) is 4.79 Å². The summed E-state index contributed by atoms with van der Waals surface area (Å²) in [7, 11) is 0. The number of esters is 1. The summed E-state index contributed by atoms with van der Waals surface area (Å²) in [5.74, 6) is -0.389. The molecule has 0 saturated carbocycles. The maximum absolute atomic E-state index is 11.6. The van der Waals surface area contributed by atoms with Crippen molar-refractivity contribution in [2.45, 2.75) is 11.8 Å². The van der Waals surface area contributed by atoms with Crippen LogP contribution in [-0.4, -0.2) is 17.7 Å². The molecule has 0 spiro atoms. The smallest absolute Gasteiger partial charge is 0.344 e. The summed E-state index contributed by atoms with van der Waals surface area (Å²) in [5, 5.41) is 8.61. The molecule has 0 fully saturated rings. The zero-order chi connectivity index (χ0) is 12.5. The van der Waals surface area contributed by atoms with Crippen molar-refractivity contribution >= 4 is 17.7 Å². The van der Waals surface area contributed by atoms with Gasteiger partial charge in [0.05, 0.1) is 17.8 Å². The van der Waals surface area contributed by atoms with E-state index in [0.717, 1.165) is 11.2 Å². The van der Waals surface area contributed by atoms with Gasteiger partial charge < -0.3 is 9.84 Å². The number of carbonyl (C=O) groups excluding carboxylic acids is 1. The lowest BCUT2D eigenvalue weighted by atomic mass is 10.4. The molecule has 0 atom stereocenters. The van der Waals surface area contributed by atoms with Gasteiger partial charge in [-0.15, -0.1) is 0 Å². The average Bonchev–Trinajstić information content (AvgIpc) is 2.36. The molecule has 1 rings (SSSR count). The van der Waals surface area contributed by atoms with E-state index in [-0.39, 0.29) is 5.97 Å². The van der Waals surface area contributed by atoms with Crippen LogP contribution < -0.4 is 0 Å². The molecule has 1 N–H and O–H groups in total. The van der Waals surface area contributed by atoms with Crippen LogP contribution in [-0.2, 0) is 9.53 Å². The van der Waals surface area contributed by atoms with Gasteiger partial charge in [0.1, 0.15) is 0 Å². The van der Waals surface area contributed by atoms with Crippen molar-refractivity contribution in [3.05, 3.63) is 53.7 Å². The van der Waals surface area contributed by atoms with Crippen LogP contribution in [0.1, 0.15) is 6.92 Å². The highest BCUT2D eigenvalue weighted by Crippen LogP contribution is 2.27. The van der Waals surface area contributed by atoms with Gasteiger partial charge in [0.15, 0.2) is 0 Å². The van der Waals surface area contributed by atoms with E-state index in [0.29, 0.717) is 11.5 Å². The zero-order valence-electron chi connectivity index (χ0n) is 9.50. The van der Waals surface area contributed by atoms with Crippen molar-refractivity contribution in [2.75, 3.05) is 6.61 Å². The van der Waals surface area contributed by atoms with Crippen molar-refractivity contribution in [3.8, 4) is 0 Å². The minimum absolute atomic E-state index is 0.328. The predicted octanol–water partition coefficient (Wildman–Crippen LogP) is 3.30. The number of ether oxygens (including phenoxy) is 1. The Kier molecular flexibility index (Phi) is 5.96. The van der Waals surface area contributed by atoms with Crippen molar-refractivity contribution < 1.29 is 14.6 Å². The standard InChI is InChI=1S/C13H14O3S/c1-2-16-13(15)12(9-6-10-14)17-11-7-4-3-5-8-11/h3-10,14H,2H2,1H3/b10-6+,12-9+. The number of allylic oxidation sites excluding steroid dienone is 2. The Morgan fingerprint density at radius 2 is 2.12 bits per heavy atom. The minimum atomic E-state index is -0.389. The Hall–Kier alpha value is -1.68. The summed E-state index contributed by atoms with van der Waals surface area (Å²) in [6, 6.07) is 9.51. The summed E-state index contributed by atoms with van der Waals surface area (Å²) < 4.78 is 4.93. The fraction of sp³-hybridized carbons (Fsp3) is 0.154. The molecule has 1 aromatic rings. The molecule has 4 heteroatoms. The molecule has 0 aromatic heterocycles. The number of carbonyl (C=O) groups is 1. The van der Waals surface area contributed by atoms with Gasteiger partial charge in [-0.1, -0.05) is 30.0 Å². The molecule has 0 aliphatic heterocycles. The van der Waals surface area contributed by atoms with Crippen LogP contribution in [0.15, 0.2) is 58.5 Å². The highest BCUT2D eigenvalue weighted by molar-refractivity contribution is 8.04. The molecule has 0 heterocycles. The fourth-order valence-corrected chi connectivity index (χ4v) is 1.93. The molecular weight excluding hydrogens is 236 g/mol. The first-order valence-corrected chi connectivity index (χ1v) is 6.00. The van der Waals surface area contributed by atoms with E-state index < -0.39 is 0 Å². The number of aliphatic hydroxyl groups excluding tert-OH is 1. The van der Waals surface area contributed by atoms with Crippen molar-refractivity contribution in [2.24, 2.45) is 0 Å². The van der Waals surface area contributed by atoms with Crippen LogP contribution in [0.2, 0.25) is 0 Å². The Labute approximate surface area is 105 Å². The van der Waals surface area contributed by atoms with Gasteiger partial charge in [0.25, 0.3) is 0 Å². The second kappa shape index (κ2) is 7.57. The first-order valence-electron chi connectivity index (χ1n) is 5.19. The van der Waals surface area contributed by atoms with Crippen LogP contribution in [0.4, 0.5) is 0 Å². The number of hydrogen-bond donors (Lipinski definition) is 1. The van der Waals surface area contributed by atoms with E-state index in [1.165, 1.54) is 23.9 Å². The Bertz CT molecular complexity index is 410. The predicted molar refractivity (Wildman–Crippen MR) is 68.8 cm³/mol. The molecule has 0 unspecified atom stereocenters. The quantitative estimate of drug-likeness (QED) is 0.286. The normalized spacial score (nSPS) is 11.7. The summed E-state index contributed by atoms with van der Waals surface area (Å²) in [6.07, 6.45) is 3.79. The SMILES string of the molecule is CCOC(=O)/C(=C\C=C\O)Sc1ccccc1. The van der Waals surface area contributed by atoms with Gasteiger partial charge in [0, 0.05) is 4.90 Å². The molecule has 17 heavy (non-hydrogen) atoms. The van der Waals surface area contributed by atoms with E-state index >= 15 is 0 Å². The Balaban J connectivity index is 2.81. The second-order valence-corrected chi connectivity index (χ2v) is 4.12. The summed E-state index contributed by atoms with van der Waals surface area (Å²) in [5.41, 5.74) is 0. The van der Waals surface area contributed by atoms with E-state index in [9.17, 15) is 4.79 Å². The number of thioether (sulfide) groups is 1. The summed E-state index contributed by atoms with van der Waals surface area (Å²) in [4.78, 5) is 13.0. The molecule has 1 aromatic carbocycles. The average molecular weight is 250 g/mol. The number of hydrogen-bond acceptors (Lipinski definition) is 4. The third-order valence-electron chi connectivity index (χ3n) is 1.78. The molecule has 90 valence electrons. The van der Waals surface area contributed by atoms with Crippen LogP contribution in [0.25, 0.3) is 0 Å². The lowest BCUT2D eigenvalue weighted by Crippen LogP contribution is -2.05. The van der Waals surface area contributed by atoms with Crippen molar-refractivity contribution in [1.82, 2.24) is 0 Å². The lowest BCUT2D eigenvalue weighted by Gasteiger charge is -2.05. The fourth-order valence-electron chi connectivity index (χ4n) is 1.09. The molecule has 0 amide bonds. The molecule has 3 nitrogen and oxygen atoms in total. The highest BCUT2D eigenvalue weighted by atomic mass is 32.2. The largest absolute Gasteiger partial charge is 0.516 e. The maximum atomic E-state index is 11.6. The van der Waals surface area contributed by atoms with Gasteiger partial charge >= 0.3 is 5.97 Å². The second-order valence-electron chi connectivity index (χ2n) is 3.01. The highest BCUT2D eigenvalue weighted by Gasteiger charge is 2.11. The van der Waals surface area contributed by atoms with Gasteiger partial charge in [-0.3, -0.25) is 0 Å². The molecule has 0 aliphatic carbocycles. The monoisotopic (exact) mass is 250 g/mol. The van der Waals surface area contributed by atoms with Crippen LogP contribution in [0, 0.1) is 0 Å². The first-order chi connectivity index (χ1) is 8.27. The van der Waals surface area contributed by atoms with Crippen LogP contribution in [0.5, 0.6) is 0 Å². The van der Waals surface area contributed by atoms with E-state index in [4.69, 9.17) is 9.84 Å². The maximum Gasteiger partial charge on any atom is 0.344 e.